The number of benzene rings is 1. The van der Waals surface area contributed by atoms with Gasteiger partial charge < -0.3 is 10.6 Å². The van der Waals surface area contributed by atoms with Gasteiger partial charge in [-0.3, -0.25) is 9.59 Å². The summed E-state index contributed by atoms with van der Waals surface area (Å²) < 4.78 is 27.0. The highest BCUT2D eigenvalue weighted by Crippen LogP contribution is 2.29. The van der Waals surface area contributed by atoms with E-state index in [1.165, 1.54) is 6.07 Å². The molecule has 110 valence electrons. The van der Waals surface area contributed by atoms with E-state index in [1.54, 1.807) is 0 Å². The first kappa shape index (κ1) is 13.9. The number of hydrogen-bond donors (Lipinski definition) is 2. The predicted molar refractivity (Wildman–Crippen MR) is 73.9 cm³/mol. The van der Waals surface area contributed by atoms with Crippen LogP contribution in [0.3, 0.4) is 0 Å². The Morgan fingerprint density at radius 3 is 2.95 bits per heavy atom. The number of amides is 2. The van der Waals surface area contributed by atoms with Gasteiger partial charge in [-0.1, -0.05) is 11.3 Å². The Morgan fingerprint density at radius 2 is 2.24 bits per heavy atom. The maximum Gasteiger partial charge on any atom is 0.231 e. The van der Waals surface area contributed by atoms with E-state index in [9.17, 15) is 18.4 Å². The number of anilines is 1. The molecule has 0 radical (unpaired) electrons. The zero-order chi connectivity index (χ0) is 15.0. The van der Waals surface area contributed by atoms with Crippen LogP contribution < -0.4 is 10.6 Å². The molecule has 1 aromatic carbocycles. The van der Waals surface area contributed by atoms with Gasteiger partial charge in [-0.15, -0.1) is 0 Å². The number of carbonyl (C=O) groups is 2. The lowest BCUT2D eigenvalue weighted by Crippen LogP contribution is -2.40. The van der Waals surface area contributed by atoms with Gasteiger partial charge in [-0.2, -0.15) is 0 Å². The van der Waals surface area contributed by atoms with Crippen LogP contribution in [0.5, 0.6) is 0 Å². The maximum absolute atomic E-state index is 13.5. The Balaban J connectivity index is 1.77. The molecular formula is C13H11F2N3O2S. The molecule has 1 saturated heterocycles. The lowest BCUT2D eigenvalue weighted by atomic mass is 9.98. The summed E-state index contributed by atoms with van der Waals surface area (Å²) in [5.74, 6) is -2.13. The van der Waals surface area contributed by atoms with Crippen molar-refractivity contribution in [3.05, 3.63) is 23.8 Å². The summed E-state index contributed by atoms with van der Waals surface area (Å²) >= 11 is 1.01. The van der Waals surface area contributed by atoms with Crippen LogP contribution in [-0.2, 0) is 9.59 Å². The Kier molecular flexibility index (Phi) is 3.54. The molecule has 1 aliphatic rings. The van der Waals surface area contributed by atoms with Gasteiger partial charge in [0.15, 0.2) is 10.9 Å². The molecule has 1 fully saturated rings. The summed E-state index contributed by atoms with van der Waals surface area (Å²) in [6.07, 6.45) is 0.767. The quantitative estimate of drug-likeness (QED) is 0.891. The van der Waals surface area contributed by atoms with Crippen LogP contribution in [0, 0.1) is 17.6 Å². The minimum Gasteiger partial charge on any atom is -0.355 e. The minimum absolute atomic E-state index is 0.0358. The van der Waals surface area contributed by atoms with Crippen molar-refractivity contribution in [2.45, 2.75) is 12.8 Å². The zero-order valence-electron chi connectivity index (χ0n) is 10.8. The largest absolute Gasteiger partial charge is 0.355 e. The van der Waals surface area contributed by atoms with E-state index in [0.717, 1.165) is 17.4 Å². The molecule has 21 heavy (non-hydrogen) atoms. The number of halogens is 2. The topological polar surface area (TPSA) is 71.1 Å². The molecule has 1 unspecified atom stereocenters. The second-order valence-corrected chi connectivity index (χ2v) is 5.81. The molecule has 2 N–H and O–H groups in total. The number of carbonyl (C=O) groups excluding carboxylic acids is 2. The Bertz CT molecular complexity index is 722. The molecule has 2 heterocycles. The van der Waals surface area contributed by atoms with E-state index in [4.69, 9.17) is 0 Å². The van der Waals surface area contributed by atoms with Crippen molar-refractivity contribution in [2.24, 2.45) is 5.92 Å². The molecule has 3 rings (SSSR count). The smallest absolute Gasteiger partial charge is 0.231 e. The second-order valence-electron chi connectivity index (χ2n) is 4.78. The van der Waals surface area contributed by atoms with Gasteiger partial charge in [0.05, 0.1) is 10.6 Å². The summed E-state index contributed by atoms with van der Waals surface area (Å²) in [5.41, 5.74) is 0.0358. The number of thiazole rings is 1. The fraction of sp³-hybridized carbons (Fsp3) is 0.308. The van der Waals surface area contributed by atoms with Crippen molar-refractivity contribution in [1.82, 2.24) is 10.3 Å². The predicted octanol–water partition coefficient (Wildman–Crippen LogP) is 2.04. The zero-order valence-corrected chi connectivity index (χ0v) is 11.6. The lowest BCUT2D eigenvalue weighted by Gasteiger charge is -2.20. The lowest BCUT2D eigenvalue weighted by molar-refractivity contribution is -0.126. The molecule has 0 bridgehead atoms. The van der Waals surface area contributed by atoms with Gasteiger partial charge in [0.1, 0.15) is 11.3 Å². The van der Waals surface area contributed by atoms with E-state index >= 15 is 0 Å². The standard InChI is InChI=1S/C13H11F2N3O2S/c14-7-3-8(15)11-9(4-7)21-13(17-11)18-12(20)6-1-2-10(19)16-5-6/h3-4,6H,1-2,5H2,(H,16,19)(H,17,18,20). The van der Waals surface area contributed by atoms with Gasteiger partial charge in [0.2, 0.25) is 11.8 Å². The number of nitrogens with one attached hydrogen (secondary N) is 2. The van der Waals surface area contributed by atoms with Gasteiger partial charge in [-0.05, 0) is 12.5 Å². The third-order valence-electron chi connectivity index (χ3n) is 3.28. The average Bonchev–Trinajstić information content (AvgIpc) is 2.82. The highest BCUT2D eigenvalue weighted by Gasteiger charge is 2.25. The number of fused-ring (bicyclic) bond motifs is 1. The van der Waals surface area contributed by atoms with E-state index < -0.39 is 11.6 Å². The van der Waals surface area contributed by atoms with E-state index in [0.29, 0.717) is 17.5 Å². The summed E-state index contributed by atoms with van der Waals surface area (Å²) in [6, 6.07) is 1.93. The van der Waals surface area contributed by atoms with Crippen molar-refractivity contribution < 1.29 is 18.4 Å². The summed E-state index contributed by atoms with van der Waals surface area (Å²) in [5, 5.41) is 5.43. The van der Waals surface area contributed by atoms with Gasteiger partial charge in [0, 0.05) is 19.0 Å². The Hall–Kier alpha value is -2.09. The minimum atomic E-state index is -0.758. The average molecular weight is 311 g/mol. The van der Waals surface area contributed by atoms with Crippen molar-refractivity contribution >= 4 is 38.5 Å². The molecule has 1 atom stereocenters. The molecule has 2 aromatic rings. The van der Waals surface area contributed by atoms with Crippen molar-refractivity contribution in [3.8, 4) is 0 Å². The number of piperidine rings is 1. The second kappa shape index (κ2) is 5.36. The third kappa shape index (κ3) is 2.85. The first-order valence-corrected chi connectivity index (χ1v) is 7.18. The van der Waals surface area contributed by atoms with Crippen LogP contribution in [0.2, 0.25) is 0 Å². The SMILES string of the molecule is O=C1CCC(C(=O)Nc2nc3c(F)cc(F)cc3s2)CN1. The summed E-state index contributed by atoms with van der Waals surface area (Å²) in [4.78, 5) is 27.0. The fourth-order valence-corrected chi connectivity index (χ4v) is 3.08. The molecule has 1 aliphatic heterocycles. The summed E-state index contributed by atoms with van der Waals surface area (Å²) in [7, 11) is 0. The monoisotopic (exact) mass is 311 g/mol. The van der Waals surface area contributed by atoms with Crippen molar-refractivity contribution in [1.29, 1.82) is 0 Å². The molecule has 1 aromatic heterocycles. The van der Waals surface area contributed by atoms with E-state index in [1.807, 2.05) is 0 Å². The van der Waals surface area contributed by atoms with E-state index in [-0.39, 0.29) is 34.9 Å². The van der Waals surface area contributed by atoms with Gasteiger partial charge in [-0.25, -0.2) is 13.8 Å². The van der Waals surface area contributed by atoms with Crippen LogP contribution >= 0.6 is 11.3 Å². The van der Waals surface area contributed by atoms with Crippen molar-refractivity contribution in [3.63, 3.8) is 0 Å². The van der Waals surface area contributed by atoms with Crippen LogP contribution in [0.1, 0.15) is 12.8 Å². The number of aromatic nitrogens is 1. The van der Waals surface area contributed by atoms with Crippen LogP contribution in [0.4, 0.5) is 13.9 Å². The highest BCUT2D eigenvalue weighted by atomic mass is 32.1. The highest BCUT2D eigenvalue weighted by molar-refractivity contribution is 7.22. The Labute approximate surface area is 122 Å². The molecular weight excluding hydrogens is 300 g/mol. The Morgan fingerprint density at radius 1 is 1.43 bits per heavy atom. The molecule has 5 nitrogen and oxygen atoms in total. The van der Waals surface area contributed by atoms with Crippen LogP contribution in [0.25, 0.3) is 10.2 Å². The van der Waals surface area contributed by atoms with Gasteiger partial charge >= 0.3 is 0 Å². The number of hydrogen-bond acceptors (Lipinski definition) is 4. The summed E-state index contributed by atoms with van der Waals surface area (Å²) in [6.45, 7) is 0.276. The third-order valence-corrected chi connectivity index (χ3v) is 4.20. The first-order valence-electron chi connectivity index (χ1n) is 6.36. The number of nitrogens with zero attached hydrogens (tertiary/aromatic N) is 1. The normalized spacial score (nSPS) is 18.6. The van der Waals surface area contributed by atoms with Crippen LogP contribution in [0.15, 0.2) is 12.1 Å². The van der Waals surface area contributed by atoms with Crippen molar-refractivity contribution in [2.75, 3.05) is 11.9 Å². The van der Waals surface area contributed by atoms with Gasteiger partial charge in [0.25, 0.3) is 0 Å². The van der Waals surface area contributed by atoms with E-state index in [2.05, 4.69) is 15.6 Å². The number of rotatable bonds is 2. The molecule has 0 spiro atoms. The first-order chi connectivity index (χ1) is 10.0. The molecule has 2 amide bonds. The fourth-order valence-electron chi connectivity index (χ4n) is 2.17. The maximum atomic E-state index is 13.5. The van der Waals surface area contributed by atoms with Crippen LogP contribution in [-0.4, -0.2) is 23.3 Å². The molecule has 8 heteroatoms. The molecule has 0 aliphatic carbocycles. The molecule has 0 saturated carbocycles.